The normalized spacial score (nSPS) is 21.2. The molecular formula is C17H27NO4. The average Bonchev–Trinajstić information content (AvgIpc) is 2.34. The van der Waals surface area contributed by atoms with Crippen LogP contribution in [0.4, 0.5) is 0 Å². The molecule has 1 aliphatic heterocycles. The minimum Gasteiger partial charge on any atom is -0.495 e. The second kappa shape index (κ2) is 6.55. The Bertz CT molecular complexity index is 473. The monoisotopic (exact) mass is 309 g/mol. The van der Waals surface area contributed by atoms with Crippen LogP contribution in [0.15, 0.2) is 24.5 Å². The summed E-state index contributed by atoms with van der Waals surface area (Å²) >= 11 is 0. The van der Waals surface area contributed by atoms with Crippen LogP contribution in [-0.4, -0.2) is 41.1 Å². The average molecular weight is 309 g/mol. The Morgan fingerprint density at radius 3 is 2.09 bits per heavy atom. The summed E-state index contributed by atoms with van der Waals surface area (Å²) in [4.78, 5) is 25.3. The molecule has 0 aromatic carbocycles. The van der Waals surface area contributed by atoms with E-state index in [2.05, 4.69) is 11.3 Å². The second-order valence-electron chi connectivity index (χ2n) is 6.93. The predicted octanol–water partition coefficient (Wildman–Crippen LogP) is 2.81. The number of esters is 1. The van der Waals surface area contributed by atoms with E-state index in [1.54, 1.807) is 6.92 Å². The van der Waals surface area contributed by atoms with Crippen LogP contribution in [0.3, 0.4) is 0 Å². The first-order valence-corrected chi connectivity index (χ1v) is 7.43. The molecule has 5 heteroatoms. The largest absolute Gasteiger partial charge is 0.495 e. The molecule has 0 atom stereocenters. The van der Waals surface area contributed by atoms with Crippen molar-refractivity contribution < 1.29 is 19.1 Å². The van der Waals surface area contributed by atoms with Gasteiger partial charge in [0.05, 0.1) is 13.2 Å². The highest BCUT2D eigenvalue weighted by atomic mass is 16.5. The molecule has 0 spiro atoms. The molecule has 1 amide bonds. The van der Waals surface area contributed by atoms with Gasteiger partial charge in [0, 0.05) is 23.9 Å². The minimum atomic E-state index is -0.435. The lowest BCUT2D eigenvalue weighted by Crippen LogP contribution is -2.63. The van der Waals surface area contributed by atoms with Crippen LogP contribution in [-0.2, 0) is 19.1 Å². The zero-order valence-electron chi connectivity index (χ0n) is 14.4. The Balaban J connectivity index is 2.94. The lowest BCUT2D eigenvalue weighted by atomic mass is 9.78. The highest BCUT2D eigenvalue weighted by Crippen LogP contribution is 2.40. The van der Waals surface area contributed by atoms with Gasteiger partial charge in [-0.1, -0.05) is 6.58 Å². The standard InChI is InChI=1S/C17H27NO4/c1-8-14(19)18-16(3,4)10-13(11-17(18,5)6)22-12(2)9-15(20)21-7/h8-9,13H,1,10-11H2,2-7H3/b12-9-. The quantitative estimate of drug-likeness (QED) is 0.455. The van der Waals surface area contributed by atoms with Gasteiger partial charge in [0.1, 0.15) is 11.9 Å². The first kappa shape index (κ1) is 18.3. The maximum Gasteiger partial charge on any atom is 0.333 e. The molecule has 22 heavy (non-hydrogen) atoms. The Kier molecular flexibility index (Phi) is 5.44. The number of methoxy groups -OCH3 is 1. The van der Waals surface area contributed by atoms with Gasteiger partial charge in [0.15, 0.2) is 0 Å². The van der Waals surface area contributed by atoms with Crippen molar-refractivity contribution >= 4 is 11.9 Å². The number of ether oxygens (including phenoxy) is 2. The summed E-state index contributed by atoms with van der Waals surface area (Å²) in [5.41, 5.74) is -0.716. The Hall–Kier alpha value is -1.78. The molecule has 0 aromatic heterocycles. The number of nitrogens with zero attached hydrogens (tertiary/aromatic N) is 1. The van der Waals surface area contributed by atoms with E-state index in [0.29, 0.717) is 18.6 Å². The fourth-order valence-electron chi connectivity index (χ4n) is 3.48. The lowest BCUT2D eigenvalue weighted by Gasteiger charge is -2.54. The SMILES string of the molecule is C=CC(=O)N1C(C)(C)CC(O/C(C)=C\C(=O)OC)CC1(C)C. The second-order valence-corrected chi connectivity index (χ2v) is 6.93. The molecule has 0 bridgehead atoms. The van der Waals surface area contributed by atoms with Gasteiger partial charge in [-0.25, -0.2) is 4.79 Å². The summed E-state index contributed by atoms with van der Waals surface area (Å²) in [7, 11) is 1.33. The van der Waals surface area contributed by atoms with E-state index in [1.807, 2.05) is 32.6 Å². The maximum absolute atomic E-state index is 12.2. The number of likely N-dealkylation sites (tertiary alicyclic amines) is 1. The van der Waals surface area contributed by atoms with Gasteiger partial charge in [-0.2, -0.15) is 0 Å². The van der Waals surface area contributed by atoms with E-state index in [1.165, 1.54) is 19.3 Å². The third kappa shape index (κ3) is 4.12. The number of piperidine rings is 1. The van der Waals surface area contributed by atoms with E-state index in [0.717, 1.165) is 0 Å². The molecule has 1 fully saturated rings. The van der Waals surface area contributed by atoms with Crippen molar-refractivity contribution in [3.05, 3.63) is 24.5 Å². The van der Waals surface area contributed by atoms with Gasteiger partial charge in [0.2, 0.25) is 5.91 Å². The van der Waals surface area contributed by atoms with Gasteiger partial charge in [-0.3, -0.25) is 4.79 Å². The molecule has 1 saturated heterocycles. The molecule has 1 rings (SSSR count). The van der Waals surface area contributed by atoms with Crippen LogP contribution in [0.2, 0.25) is 0 Å². The third-order valence-corrected chi connectivity index (χ3v) is 3.93. The topological polar surface area (TPSA) is 55.8 Å². The van der Waals surface area contributed by atoms with E-state index in [-0.39, 0.29) is 23.1 Å². The molecule has 0 radical (unpaired) electrons. The molecule has 0 aliphatic carbocycles. The summed E-state index contributed by atoms with van der Waals surface area (Å²) in [6, 6.07) is 0. The molecule has 0 N–H and O–H groups in total. The third-order valence-electron chi connectivity index (χ3n) is 3.93. The number of allylic oxidation sites excluding steroid dienone is 1. The highest BCUT2D eigenvalue weighted by Gasteiger charge is 2.47. The van der Waals surface area contributed by atoms with Crippen LogP contribution >= 0.6 is 0 Å². The molecule has 0 unspecified atom stereocenters. The van der Waals surface area contributed by atoms with Crippen molar-refractivity contribution in [2.75, 3.05) is 7.11 Å². The number of amides is 1. The fourth-order valence-corrected chi connectivity index (χ4v) is 3.48. The summed E-state index contributed by atoms with van der Waals surface area (Å²) in [6.45, 7) is 13.4. The Labute approximate surface area is 133 Å². The molecule has 0 saturated carbocycles. The highest BCUT2D eigenvalue weighted by molar-refractivity contribution is 5.88. The predicted molar refractivity (Wildman–Crippen MR) is 85.1 cm³/mol. The summed E-state index contributed by atoms with van der Waals surface area (Å²) in [6.07, 6.45) is 3.98. The molecular weight excluding hydrogens is 282 g/mol. The minimum absolute atomic E-state index is 0.0697. The molecule has 0 aromatic rings. The molecule has 1 heterocycles. The van der Waals surface area contributed by atoms with Gasteiger partial charge in [-0.05, 0) is 40.7 Å². The maximum atomic E-state index is 12.2. The number of rotatable bonds is 4. The van der Waals surface area contributed by atoms with Crippen molar-refractivity contribution in [3.63, 3.8) is 0 Å². The summed E-state index contributed by atoms with van der Waals surface area (Å²) in [5.74, 6) is 0.0116. The van der Waals surface area contributed by atoms with Crippen LogP contribution in [0.25, 0.3) is 0 Å². The van der Waals surface area contributed by atoms with E-state index in [4.69, 9.17) is 4.74 Å². The van der Waals surface area contributed by atoms with Crippen LogP contribution < -0.4 is 0 Å². The van der Waals surface area contributed by atoms with Gasteiger partial charge < -0.3 is 14.4 Å². The number of hydrogen-bond acceptors (Lipinski definition) is 4. The zero-order chi connectivity index (χ0) is 17.1. The first-order valence-electron chi connectivity index (χ1n) is 7.43. The van der Waals surface area contributed by atoms with E-state index >= 15 is 0 Å². The van der Waals surface area contributed by atoms with Crippen molar-refractivity contribution in [1.82, 2.24) is 4.90 Å². The van der Waals surface area contributed by atoms with E-state index in [9.17, 15) is 9.59 Å². The molecule has 5 nitrogen and oxygen atoms in total. The zero-order valence-corrected chi connectivity index (χ0v) is 14.4. The van der Waals surface area contributed by atoms with Crippen molar-refractivity contribution in [2.24, 2.45) is 0 Å². The Morgan fingerprint density at radius 2 is 1.68 bits per heavy atom. The van der Waals surface area contributed by atoms with Crippen molar-refractivity contribution in [3.8, 4) is 0 Å². The van der Waals surface area contributed by atoms with Crippen LogP contribution in [0.5, 0.6) is 0 Å². The molecule has 124 valence electrons. The van der Waals surface area contributed by atoms with Crippen molar-refractivity contribution in [1.29, 1.82) is 0 Å². The van der Waals surface area contributed by atoms with Gasteiger partial charge in [0.25, 0.3) is 0 Å². The van der Waals surface area contributed by atoms with Gasteiger partial charge >= 0.3 is 5.97 Å². The lowest BCUT2D eigenvalue weighted by molar-refractivity contribution is -0.150. The summed E-state index contributed by atoms with van der Waals surface area (Å²) < 4.78 is 10.5. The fraction of sp³-hybridized carbons (Fsp3) is 0.647. The smallest absolute Gasteiger partial charge is 0.333 e. The first-order chi connectivity index (χ1) is 10.0. The molecule has 1 aliphatic rings. The number of carbonyl (C=O) groups excluding carboxylic acids is 2. The van der Waals surface area contributed by atoms with Gasteiger partial charge in [-0.15, -0.1) is 0 Å². The van der Waals surface area contributed by atoms with Crippen molar-refractivity contribution in [2.45, 2.75) is 64.6 Å². The van der Waals surface area contributed by atoms with Crippen LogP contribution in [0.1, 0.15) is 47.5 Å². The number of carbonyl (C=O) groups is 2. The van der Waals surface area contributed by atoms with E-state index < -0.39 is 5.97 Å². The number of hydrogen-bond donors (Lipinski definition) is 0. The summed E-state index contributed by atoms with van der Waals surface area (Å²) in [5, 5.41) is 0. The van der Waals surface area contributed by atoms with Crippen LogP contribution in [0, 0.1) is 0 Å². The Morgan fingerprint density at radius 1 is 1.18 bits per heavy atom.